The Balaban J connectivity index is 1.81. The molecule has 102 valence electrons. The van der Waals surface area contributed by atoms with Crippen molar-refractivity contribution in [2.45, 2.75) is 38.6 Å². The lowest BCUT2D eigenvalue weighted by Crippen LogP contribution is -2.26. The maximum absolute atomic E-state index is 10.9. The van der Waals surface area contributed by atoms with Crippen molar-refractivity contribution in [1.29, 1.82) is 0 Å². The van der Waals surface area contributed by atoms with E-state index in [1.807, 2.05) is 6.07 Å². The van der Waals surface area contributed by atoms with E-state index in [2.05, 4.69) is 21.2 Å². The third-order valence-electron chi connectivity index (χ3n) is 4.56. The molecule has 0 radical (unpaired) electrons. The van der Waals surface area contributed by atoms with Crippen molar-refractivity contribution in [1.82, 2.24) is 0 Å². The average Bonchev–Trinajstić information content (AvgIpc) is 2.95. The zero-order valence-corrected chi connectivity index (χ0v) is 12.4. The molecule has 2 aliphatic carbocycles. The predicted octanol–water partition coefficient (Wildman–Crippen LogP) is 4.27. The van der Waals surface area contributed by atoms with Gasteiger partial charge in [-0.1, -0.05) is 6.42 Å². The molecule has 0 aromatic heterocycles. The summed E-state index contributed by atoms with van der Waals surface area (Å²) in [5.74, 6) is 1.67. The second kappa shape index (κ2) is 4.78. The van der Waals surface area contributed by atoms with Crippen LogP contribution in [-0.4, -0.2) is 11.0 Å². The molecule has 1 aromatic rings. The minimum absolute atomic E-state index is 0.172. The van der Waals surface area contributed by atoms with E-state index >= 15 is 0 Å². The summed E-state index contributed by atoms with van der Waals surface area (Å²) in [5, 5.41) is 14.5. The van der Waals surface area contributed by atoms with E-state index in [9.17, 15) is 10.1 Å². The molecule has 2 aliphatic rings. The topological polar surface area (TPSA) is 55.2 Å². The summed E-state index contributed by atoms with van der Waals surface area (Å²) in [4.78, 5) is 10.6. The molecular formula is C14H17BrN2O2. The molecule has 4 nitrogen and oxygen atoms in total. The third kappa shape index (κ3) is 2.36. The number of nitro benzene ring substituents is 1. The highest BCUT2D eigenvalue weighted by atomic mass is 79.9. The van der Waals surface area contributed by atoms with Crippen molar-refractivity contribution in [2.24, 2.45) is 11.8 Å². The van der Waals surface area contributed by atoms with Gasteiger partial charge in [0.1, 0.15) is 0 Å². The molecule has 19 heavy (non-hydrogen) atoms. The fraction of sp³-hybridized carbons (Fsp3) is 0.571. The molecule has 2 fully saturated rings. The zero-order chi connectivity index (χ0) is 13.6. The minimum Gasteiger partial charge on any atom is -0.381 e. The molecule has 1 N–H and O–H groups in total. The van der Waals surface area contributed by atoms with Gasteiger partial charge in [0, 0.05) is 27.8 Å². The van der Waals surface area contributed by atoms with Crippen LogP contribution in [0, 0.1) is 28.9 Å². The number of benzene rings is 1. The molecule has 3 unspecified atom stereocenters. The molecule has 0 heterocycles. The first-order valence-electron chi connectivity index (χ1n) is 6.75. The van der Waals surface area contributed by atoms with Crippen molar-refractivity contribution >= 4 is 27.3 Å². The highest BCUT2D eigenvalue weighted by Gasteiger charge is 2.39. The maximum atomic E-state index is 10.9. The first kappa shape index (κ1) is 12.9. The van der Waals surface area contributed by atoms with E-state index in [1.54, 1.807) is 13.0 Å². The molecule has 1 aromatic carbocycles. The van der Waals surface area contributed by atoms with Crippen LogP contribution in [0.1, 0.15) is 31.2 Å². The van der Waals surface area contributed by atoms with Gasteiger partial charge in [0.05, 0.1) is 4.92 Å². The first-order chi connectivity index (χ1) is 9.04. The number of nitrogens with zero attached hydrogens (tertiary/aromatic N) is 1. The van der Waals surface area contributed by atoms with E-state index in [0.717, 1.165) is 22.0 Å². The molecule has 3 atom stereocenters. The Hall–Kier alpha value is -1.10. The molecule has 0 aliphatic heterocycles. The molecule has 0 amide bonds. The molecule has 3 rings (SSSR count). The lowest BCUT2D eigenvalue weighted by molar-refractivity contribution is -0.385. The molecule has 0 spiro atoms. The van der Waals surface area contributed by atoms with E-state index in [4.69, 9.17) is 0 Å². The predicted molar refractivity (Wildman–Crippen MR) is 78.4 cm³/mol. The maximum Gasteiger partial charge on any atom is 0.273 e. The summed E-state index contributed by atoms with van der Waals surface area (Å²) in [6.07, 6.45) is 5.30. The van der Waals surface area contributed by atoms with Crippen LogP contribution in [0.25, 0.3) is 0 Å². The number of hydrogen-bond acceptors (Lipinski definition) is 3. The van der Waals surface area contributed by atoms with Gasteiger partial charge in [-0.05, 0) is 60.0 Å². The van der Waals surface area contributed by atoms with Gasteiger partial charge in [-0.2, -0.15) is 0 Å². The standard InChI is InChI=1S/C14H17BrN2O2/c1-8-4-13(11(15)7-14(8)17(18)19)16-12-6-9-2-3-10(12)5-9/h4,7,9-10,12,16H,2-3,5-6H2,1H3. The lowest BCUT2D eigenvalue weighted by Gasteiger charge is -2.24. The second-order valence-electron chi connectivity index (χ2n) is 5.80. The largest absolute Gasteiger partial charge is 0.381 e. The molecule has 2 saturated carbocycles. The molecular weight excluding hydrogens is 308 g/mol. The summed E-state index contributed by atoms with van der Waals surface area (Å²) in [5.41, 5.74) is 1.87. The minimum atomic E-state index is -0.332. The fourth-order valence-corrected chi connectivity index (χ4v) is 4.05. The van der Waals surface area contributed by atoms with E-state index in [0.29, 0.717) is 11.6 Å². The summed E-state index contributed by atoms with van der Waals surface area (Å²) in [6.45, 7) is 1.79. The highest BCUT2D eigenvalue weighted by molar-refractivity contribution is 9.10. The van der Waals surface area contributed by atoms with E-state index < -0.39 is 0 Å². The van der Waals surface area contributed by atoms with Gasteiger partial charge >= 0.3 is 0 Å². The van der Waals surface area contributed by atoms with Crippen molar-refractivity contribution in [2.75, 3.05) is 5.32 Å². The Morgan fingerprint density at radius 1 is 1.37 bits per heavy atom. The monoisotopic (exact) mass is 324 g/mol. The lowest BCUT2D eigenvalue weighted by atomic mass is 9.95. The normalized spacial score (nSPS) is 28.6. The number of rotatable bonds is 3. The number of nitrogens with one attached hydrogen (secondary N) is 1. The number of nitro groups is 1. The van der Waals surface area contributed by atoms with E-state index in [1.165, 1.54) is 25.7 Å². The number of hydrogen-bond donors (Lipinski definition) is 1. The van der Waals surface area contributed by atoms with Crippen molar-refractivity contribution in [3.63, 3.8) is 0 Å². The average molecular weight is 325 g/mol. The number of fused-ring (bicyclic) bond motifs is 2. The van der Waals surface area contributed by atoms with Gasteiger partial charge in [0.25, 0.3) is 5.69 Å². The van der Waals surface area contributed by atoms with Crippen LogP contribution in [0.3, 0.4) is 0 Å². The number of aryl methyl sites for hydroxylation is 1. The Kier molecular flexibility index (Phi) is 3.25. The second-order valence-corrected chi connectivity index (χ2v) is 6.66. The van der Waals surface area contributed by atoms with Crippen LogP contribution in [0.2, 0.25) is 0 Å². The van der Waals surface area contributed by atoms with Crippen molar-refractivity contribution in [3.05, 3.63) is 32.3 Å². The third-order valence-corrected chi connectivity index (χ3v) is 5.22. The number of anilines is 1. The van der Waals surface area contributed by atoms with Crippen LogP contribution in [0.5, 0.6) is 0 Å². The van der Waals surface area contributed by atoms with E-state index in [-0.39, 0.29) is 10.6 Å². The van der Waals surface area contributed by atoms with Crippen LogP contribution >= 0.6 is 15.9 Å². The Morgan fingerprint density at radius 2 is 2.16 bits per heavy atom. The first-order valence-corrected chi connectivity index (χ1v) is 7.55. The van der Waals surface area contributed by atoms with Crippen molar-refractivity contribution in [3.8, 4) is 0 Å². The summed E-state index contributed by atoms with van der Waals surface area (Å²) >= 11 is 3.44. The van der Waals surface area contributed by atoms with Gasteiger partial charge in [0.15, 0.2) is 0 Å². The Bertz CT molecular complexity index is 532. The van der Waals surface area contributed by atoms with Crippen molar-refractivity contribution < 1.29 is 4.92 Å². The van der Waals surface area contributed by atoms with Crippen LogP contribution in [0.15, 0.2) is 16.6 Å². The smallest absolute Gasteiger partial charge is 0.273 e. The molecule has 5 heteroatoms. The summed E-state index contributed by atoms with van der Waals surface area (Å²) in [6, 6.07) is 4.02. The molecule has 2 bridgehead atoms. The fourth-order valence-electron chi connectivity index (χ4n) is 3.60. The van der Waals surface area contributed by atoms with Crippen LogP contribution in [-0.2, 0) is 0 Å². The summed E-state index contributed by atoms with van der Waals surface area (Å²) < 4.78 is 0.785. The summed E-state index contributed by atoms with van der Waals surface area (Å²) in [7, 11) is 0. The number of halogens is 1. The highest BCUT2D eigenvalue weighted by Crippen LogP contribution is 2.46. The van der Waals surface area contributed by atoms with Crippen LogP contribution in [0.4, 0.5) is 11.4 Å². The van der Waals surface area contributed by atoms with Gasteiger partial charge in [-0.15, -0.1) is 0 Å². The van der Waals surface area contributed by atoms with Gasteiger partial charge < -0.3 is 5.32 Å². The van der Waals surface area contributed by atoms with Crippen LogP contribution < -0.4 is 5.32 Å². The SMILES string of the molecule is Cc1cc(NC2CC3CCC2C3)c(Br)cc1[N+](=O)[O-]. The van der Waals surface area contributed by atoms with Gasteiger partial charge in [-0.3, -0.25) is 10.1 Å². The Morgan fingerprint density at radius 3 is 2.74 bits per heavy atom. The van der Waals surface area contributed by atoms with Gasteiger partial charge in [0.2, 0.25) is 0 Å². The molecule has 0 saturated heterocycles. The zero-order valence-electron chi connectivity index (χ0n) is 10.9. The Labute approximate surface area is 120 Å². The quantitative estimate of drug-likeness (QED) is 0.667. The van der Waals surface area contributed by atoms with Gasteiger partial charge in [-0.25, -0.2) is 0 Å².